The zero-order valence-corrected chi connectivity index (χ0v) is 10.2. The van der Waals surface area contributed by atoms with Gasteiger partial charge < -0.3 is 5.11 Å². The minimum absolute atomic E-state index is 0.341. The van der Waals surface area contributed by atoms with E-state index in [1.807, 2.05) is 6.92 Å². The second kappa shape index (κ2) is 4.86. The van der Waals surface area contributed by atoms with E-state index in [1.165, 1.54) is 10.7 Å². The molecule has 0 saturated carbocycles. The lowest BCUT2D eigenvalue weighted by Gasteiger charge is -2.14. The molecule has 0 radical (unpaired) electrons. The van der Waals surface area contributed by atoms with Crippen LogP contribution >= 0.6 is 0 Å². The van der Waals surface area contributed by atoms with E-state index in [2.05, 4.69) is 5.10 Å². The molecule has 1 aromatic carbocycles. The normalized spacial score (nSPS) is 12.7. The van der Waals surface area contributed by atoms with Crippen molar-refractivity contribution >= 4 is 0 Å². The fourth-order valence-electron chi connectivity index (χ4n) is 1.96. The SMILES string of the molecule is CCn1nc(C)cc1C(O)c1c(F)cccc1F. The second-order valence-corrected chi connectivity index (χ2v) is 4.06. The molecule has 0 saturated heterocycles. The van der Waals surface area contributed by atoms with E-state index < -0.39 is 17.7 Å². The molecular weight excluding hydrogens is 238 g/mol. The summed E-state index contributed by atoms with van der Waals surface area (Å²) in [6, 6.07) is 5.14. The summed E-state index contributed by atoms with van der Waals surface area (Å²) in [5, 5.41) is 14.3. The summed E-state index contributed by atoms with van der Waals surface area (Å²) in [6.45, 7) is 4.14. The van der Waals surface area contributed by atoms with Crippen LogP contribution in [0.15, 0.2) is 24.3 Å². The van der Waals surface area contributed by atoms with Gasteiger partial charge in [0.25, 0.3) is 0 Å². The van der Waals surface area contributed by atoms with Crippen LogP contribution in [0.2, 0.25) is 0 Å². The molecule has 2 aromatic rings. The Hall–Kier alpha value is -1.75. The number of benzene rings is 1. The summed E-state index contributed by atoms with van der Waals surface area (Å²) in [4.78, 5) is 0. The molecule has 0 bridgehead atoms. The van der Waals surface area contributed by atoms with Crippen LogP contribution in [-0.2, 0) is 6.54 Å². The van der Waals surface area contributed by atoms with Crippen molar-refractivity contribution in [2.24, 2.45) is 0 Å². The predicted molar refractivity (Wildman–Crippen MR) is 63.1 cm³/mol. The van der Waals surface area contributed by atoms with Crippen molar-refractivity contribution in [3.63, 3.8) is 0 Å². The lowest BCUT2D eigenvalue weighted by Crippen LogP contribution is -2.12. The van der Waals surface area contributed by atoms with Crippen molar-refractivity contribution in [1.82, 2.24) is 9.78 Å². The molecule has 0 fully saturated rings. The van der Waals surface area contributed by atoms with E-state index in [0.29, 0.717) is 17.9 Å². The van der Waals surface area contributed by atoms with E-state index in [-0.39, 0.29) is 5.56 Å². The standard InChI is InChI=1S/C13H14F2N2O/c1-3-17-11(7-8(2)16-17)13(18)12-9(14)5-4-6-10(12)15/h4-7,13,18H,3H2,1-2H3. The van der Waals surface area contributed by atoms with Crippen molar-refractivity contribution < 1.29 is 13.9 Å². The predicted octanol–water partition coefficient (Wildman–Crippen LogP) is 2.57. The first-order chi connectivity index (χ1) is 8.54. The maximum absolute atomic E-state index is 13.6. The number of nitrogens with zero attached hydrogens (tertiary/aromatic N) is 2. The Morgan fingerprint density at radius 3 is 2.50 bits per heavy atom. The monoisotopic (exact) mass is 252 g/mol. The second-order valence-electron chi connectivity index (χ2n) is 4.06. The average Bonchev–Trinajstić information content (AvgIpc) is 2.70. The summed E-state index contributed by atoms with van der Waals surface area (Å²) in [6.07, 6.45) is -1.35. The maximum atomic E-state index is 13.6. The molecule has 1 aromatic heterocycles. The number of halogens is 2. The molecule has 0 aliphatic heterocycles. The topological polar surface area (TPSA) is 38.0 Å². The molecule has 96 valence electrons. The Labute approximate surface area is 104 Å². The van der Waals surface area contributed by atoms with Gasteiger partial charge in [-0.15, -0.1) is 0 Å². The highest BCUT2D eigenvalue weighted by Gasteiger charge is 2.22. The number of aromatic nitrogens is 2. The van der Waals surface area contributed by atoms with E-state index in [0.717, 1.165) is 12.1 Å². The Kier molecular flexibility index (Phi) is 3.43. The highest BCUT2D eigenvalue weighted by atomic mass is 19.1. The summed E-state index contributed by atoms with van der Waals surface area (Å²) in [7, 11) is 0. The van der Waals surface area contributed by atoms with Gasteiger partial charge in [0, 0.05) is 6.54 Å². The summed E-state index contributed by atoms with van der Waals surface area (Å²) >= 11 is 0. The lowest BCUT2D eigenvalue weighted by molar-refractivity contribution is 0.197. The number of aliphatic hydroxyl groups is 1. The van der Waals surface area contributed by atoms with Gasteiger partial charge >= 0.3 is 0 Å². The lowest BCUT2D eigenvalue weighted by atomic mass is 10.0. The Bertz CT molecular complexity index is 546. The number of rotatable bonds is 3. The van der Waals surface area contributed by atoms with Crippen molar-refractivity contribution in [3.8, 4) is 0 Å². The van der Waals surface area contributed by atoms with E-state index in [4.69, 9.17) is 0 Å². The number of aliphatic hydroxyl groups excluding tert-OH is 1. The van der Waals surface area contributed by atoms with Crippen LogP contribution in [0.1, 0.15) is 30.0 Å². The van der Waals surface area contributed by atoms with Gasteiger partial charge in [-0.1, -0.05) is 6.07 Å². The summed E-state index contributed by atoms with van der Waals surface area (Å²) in [5.74, 6) is -1.52. The fourth-order valence-corrected chi connectivity index (χ4v) is 1.96. The van der Waals surface area contributed by atoms with Gasteiger partial charge in [-0.3, -0.25) is 4.68 Å². The molecule has 18 heavy (non-hydrogen) atoms. The van der Waals surface area contributed by atoms with Crippen LogP contribution in [-0.4, -0.2) is 14.9 Å². The van der Waals surface area contributed by atoms with Gasteiger partial charge in [-0.05, 0) is 32.0 Å². The van der Waals surface area contributed by atoms with Crippen LogP contribution in [0.4, 0.5) is 8.78 Å². The minimum Gasteiger partial charge on any atom is -0.382 e. The third-order valence-corrected chi connectivity index (χ3v) is 2.79. The van der Waals surface area contributed by atoms with Crippen LogP contribution in [0, 0.1) is 18.6 Å². The largest absolute Gasteiger partial charge is 0.382 e. The molecule has 2 rings (SSSR count). The first-order valence-corrected chi connectivity index (χ1v) is 5.71. The van der Waals surface area contributed by atoms with Gasteiger partial charge in [-0.25, -0.2) is 8.78 Å². The van der Waals surface area contributed by atoms with Gasteiger partial charge in [0.05, 0.1) is 17.0 Å². The molecule has 1 N–H and O–H groups in total. The fraction of sp³-hybridized carbons (Fsp3) is 0.308. The third kappa shape index (κ3) is 2.13. The molecule has 0 spiro atoms. The Morgan fingerprint density at radius 2 is 1.94 bits per heavy atom. The number of hydrogen-bond acceptors (Lipinski definition) is 2. The maximum Gasteiger partial charge on any atom is 0.132 e. The molecule has 1 atom stereocenters. The zero-order chi connectivity index (χ0) is 13.3. The van der Waals surface area contributed by atoms with Gasteiger partial charge in [0.1, 0.15) is 17.7 Å². The third-order valence-electron chi connectivity index (χ3n) is 2.79. The molecule has 1 heterocycles. The van der Waals surface area contributed by atoms with Crippen molar-refractivity contribution in [1.29, 1.82) is 0 Å². The molecule has 3 nitrogen and oxygen atoms in total. The highest BCUT2D eigenvalue weighted by molar-refractivity contribution is 5.29. The zero-order valence-electron chi connectivity index (χ0n) is 10.2. The van der Waals surface area contributed by atoms with E-state index in [1.54, 1.807) is 13.0 Å². The molecule has 1 unspecified atom stereocenters. The van der Waals surface area contributed by atoms with Gasteiger partial charge in [-0.2, -0.15) is 5.10 Å². The van der Waals surface area contributed by atoms with Gasteiger partial charge in [0.15, 0.2) is 0 Å². The number of hydrogen-bond donors (Lipinski definition) is 1. The van der Waals surface area contributed by atoms with Crippen LogP contribution < -0.4 is 0 Å². The minimum atomic E-state index is -1.35. The number of aryl methyl sites for hydroxylation is 2. The summed E-state index contributed by atoms with van der Waals surface area (Å²) in [5.41, 5.74) is 0.744. The van der Waals surface area contributed by atoms with Crippen molar-refractivity contribution in [3.05, 3.63) is 52.9 Å². The molecule has 0 amide bonds. The Morgan fingerprint density at radius 1 is 1.33 bits per heavy atom. The molecule has 0 aliphatic carbocycles. The van der Waals surface area contributed by atoms with Crippen LogP contribution in [0.25, 0.3) is 0 Å². The van der Waals surface area contributed by atoms with Gasteiger partial charge in [0.2, 0.25) is 0 Å². The first kappa shape index (κ1) is 12.7. The smallest absolute Gasteiger partial charge is 0.132 e. The van der Waals surface area contributed by atoms with Crippen molar-refractivity contribution in [2.45, 2.75) is 26.5 Å². The van der Waals surface area contributed by atoms with Crippen LogP contribution in [0.3, 0.4) is 0 Å². The van der Waals surface area contributed by atoms with Crippen molar-refractivity contribution in [2.75, 3.05) is 0 Å². The summed E-state index contributed by atoms with van der Waals surface area (Å²) < 4.78 is 28.7. The molecule has 0 aliphatic rings. The molecule has 5 heteroatoms. The van der Waals surface area contributed by atoms with E-state index >= 15 is 0 Å². The average molecular weight is 252 g/mol. The van der Waals surface area contributed by atoms with E-state index in [9.17, 15) is 13.9 Å². The quantitative estimate of drug-likeness (QED) is 0.911. The first-order valence-electron chi connectivity index (χ1n) is 5.71. The highest BCUT2D eigenvalue weighted by Crippen LogP contribution is 2.27. The Balaban J connectivity index is 2.50. The molecular formula is C13H14F2N2O. The van der Waals surface area contributed by atoms with Crippen LogP contribution in [0.5, 0.6) is 0 Å².